The summed E-state index contributed by atoms with van der Waals surface area (Å²) >= 11 is 0. The van der Waals surface area contributed by atoms with Crippen molar-refractivity contribution in [1.29, 1.82) is 0 Å². The van der Waals surface area contributed by atoms with E-state index in [1.54, 1.807) is 0 Å². The van der Waals surface area contributed by atoms with Crippen LogP contribution in [-0.4, -0.2) is 11.5 Å². The summed E-state index contributed by atoms with van der Waals surface area (Å²) in [6, 6.07) is 6.10. The zero-order chi connectivity index (χ0) is 15.7. The second-order valence-corrected chi connectivity index (χ2v) is 6.39. The largest absolute Gasteiger partial charge is 0.311 e. The molecule has 1 heterocycles. The van der Waals surface area contributed by atoms with Gasteiger partial charge < -0.3 is 5.32 Å². The number of pyridine rings is 1. The lowest BCUT2D eigenvalue weighted by Gasteiger charge is -2.05. The molecule has 0 saturated heterocycles. The molecule has 126 valence electrons. The summed E-state index contributed by atoms with van der Waals surface area (Å²) < 4.78 is 0. The smallest absolute Gasteiger partial charge is 0.0541 e. The molecule has 0 aliphatic heterocycles. The van der Waals surface area contributed by atoms with Crippen LogP contribution in [0.4, 0.5) is 0 Å². The van der Waals surface area contributed by atoms with E-state index in [1.807, 2.05) is 18.3 Å². The first-order valence-corrected chi connectivity index (χ1v) is 9.54. The summed E-state index contributed by atoms with van der Waals surface area (Å²) in [7, 11) is 0. The zero-order valence-electron chi connectivity index (χ0n) is 14.7. The predicted octanol–water partition coefficient (Wildman–Crippen LogP) is 5.87. The van der Waals surface area contributed by atoms with Gasteiger partial charge in [0.2, 0.25) is 0 Å². The van der Waals surface area contributed by atoms with Crippen LogP contribution in [0, 0.1) is 0 Å². The average molecular weight is 305 g/mol. The fraction of sp³-hybridized carbons (Fsp3) is 0.750. The maximum atomic E-state index is 4.32. The highest BCUT2D eigenvalue weighted by molar-refractivity contribution is 5.02. The fourth-order valence-electron chi connectivity index (χ4n) is 2.81. The number of unbranched alkanes of at least 4 members (excludes halogenated alkanes) is 11. The third kappa shape index (κ3) is 11.7. The molecule has 1 aromatic rings. The normalized spacial score (nSPS) is 11.0. The molecule has 0 aromatic carbocycles. The molecule has 1 rings (SSSR count). The summed E-state index contributed by atoms with van der Waals surface area (Å²) in [5.74, 6) is 0. The van der Waals surface area contributed by atoms with Crippen molar-refractivity contribution in [3.63, 3.8) is 0 Å². The van der Waals surface area contributed by atoms with Crippen LogP contribution in [0.3, 0.4) is 0 Å². The van der Waals surface area contributed by atoms with Gasteiger partial charge in [0, 0.05) is 12.7 Å². The molecule has 22 heavy (non-hydrogen) atoms. The molecule has 0 atom stereocenters. The van der Waals surface area contributed by atoms with Crippen LogP contribution >= 0.6 is 0 Å². The second-order valence-electron chi connectivity index (χ2n) is 6.39. The van der Waals surface area contributed by atoms with Crippen LogP contribution in [0.15, 0.2) is 24.4 Å². The summed E-state index contributed by atoms with van der Waals surface area (Å²) in [5.41, 5.74) is 1.14. The Kier molecular flexibility index (Phi) is 13.1. The van der Waals surface area contributed by atoms with Crippen LogP contribution in [-0.2, 0) is 6.54 Å². The van der Waals surface area contributed by atoms with Crippen molar-refractivity contribution < 1.29 is 0 Å². The van der Waals surface area contributed by atoms with E-state index in [9.17, 15) is 0 Å². The molecule has 0 aliphatic rings. The molecule has 1 N–H and O–H groups in total. The highest BCUT2D eigenvalue weighted by Gasteiger charge is 1.94. The number of nitrogens with one attached hydrogen (secondary N) is 1. The quantitative estimate of drug-likeness (QED) is 0.410. The van der Waals surface area contributed by atoms with Crippen molar-refractivity contribution >= 4 is 0 Å². The van der Waals surface area contributed by atoms with Crippen LogP contribution < -0.4 is 5.32 Å². The molecule has 0 amide bonds. The molecular formula is C20H36N2. The standard InChI is InChI=1S/C20H36N2/c1-2-3-4-5-6-7-8-9-10-11-12-14-17-21-19-20-16-13-15-18-22-20/h13,15-16,18,21H,2-12,14,17,19H2,1H3. The minimum absolute atomic E-state index is 0.902. The molecule has 0 bridgehead atoms. The molecule has 0 saturated carbocycles. The topological polar surface area (TPSA) is 24.9 Å². The minimum atomic E-state index is 0.902. The third-order valence-corrected chi connectivity index (χ3v) is 4.24. The first kappa shape index (κ1) is 19.2. The van der Waals surface area contributed by atoms with Crippen LogP contribution in [0.5, 0.6) is 0 Å². The van der Waals surface area contributed by atoms with Crippen molar-refractivity contribution in [2.24, 2.45) is 0 Å². The Hall–Kier alpha value is -0.890. The lowest BCUT2D eigenvalue weighted by molar-refractivity contribution is 0.534. The molecule has 2 heteroatoms. The van der Waals surface area contributed by atoms with E-state index in [0.29, 0.717) is 0 Å². The monoisotopic (exact) mass is 304 g/mol. The van der Waals surface area contributed by atoms with Gasteiger partial charge in [-0.2, -0.15) is 0 Å². The van der Waals surface area contributed by atoms with E-state index in [0.717, 1.165) is 18.8 Å². The Balaban J connectivity index is 1.73. The lowest BCUT2D eigenvalue weighted by atomic mass is 10.1. The number of hydrogen-bond donors (Lipinski definition) is 1. The maximum absolute atomic E-state index is 4.32. The Labute approximate surface area is 138 Å². The van der Waals surface area contributed by atoms with Crippen LogP contribution in [0.2, 0.25) is 0 Å². The minimum Gasteiger partial charge on any atom is -0.311 e. The third-order valence-electron chi connectivity index (χ3n) is 4.24. The molecule has 1 aromatic heterocycles. The van der Waals surface area contributed by atoms with Crippen molar-refractivity contribution in [3.05, 3.63) is 30.1 Å². The summed E-state index contributed by atoms with van der Waals surface area (Å²) in [5, 5.41) is 3.47. The number of nitrogens with zero attached hydrogens (tertiary/aromatic N) is 1. The van der Waals surface area contributed by atoms with Gasteiger partial charge in [0.1, 0.15) is 0 Å². The van der Waals surface area contributed by atoms with Crippen molar-refractivity contribution in [3.8, 4) is 0 Å². The van der Waals surface area contributed by atoms with Crippen molar-refractivity contribution in [1.82, 2.24) is 10.3 Å². The molecule has 0 unspecified atom stereocenters. The van der Waals surface area contributed by atoms with Gasteiger partial charge in [0.05, 0.1) is 5.69 Å². The van der Waals surface area contributed by atoms with Gasteiger partial charge in [-0.05, 0) is 25.1 Å². The first-order chi connectivity index (χ1) is 10.9. The average Bonchev–Trinajstić information content (AvgIpc) is 2.56. The molecule has 0 spiro atoms. The number of aromatic nitrogens is 1. The Bertz CT molecular complexity index is 324. The molecule has 2 nitrogen and oxygen atoms in total. The summed E-state index contributed by atoms with van der Waals surface area (Å²) in [6.45, 7) is 4.31. The van der Waals surface area contributed by atoms with Gasteiger partial charge in [-0.3, -0.25) is 4.98 Å². The number of rotatable bonds is 15. The van der Waals surface area contributed by atoms with Gasteiger partial charge in [-0.15, -0.1) is 0 Å². The Morgan fingerprint density at radius 1 is 0.773 bits per heavy atom. The molecule has 0 radical (unpaired) electrons. The van der Waals surface area contributed by atoms with Gasteiger partial charge >= 0.3 is 0 Å². The SMILES string of the molecule is CCCCCCCCCCCCCCNCc1ccccn1. The number of hydrogen-bond acceptors (Lipinski definition) is 2. The van der Waals surface area contributed by atoms with Crippen molar-refractivity contribution in [2.45, 2.75) is 90.5 Å². The van der Waals surface area contributed by atoms with Gasteiger partial charge in [-0.1, -0.05) is 83.6 Å². The predicted molar refractivity (Wildman–Crippen MR) is 97.0 cm³/mol. The van der Waals surface area contributed by atoms with E-state index < -0.39 is 0 Å². The van der Waals surface area contributed by atoms with Crippen LogP contribution in [0.25, 0.3) is 0 Å². The lowest BCUT2D eigenvalue weighted by Crippen LogP contribution is -2.15. The second kappa shape index (κ2) is 15.0. The van der Waals surface area contributed by atoms with Gasteiger partial charge in [-0.25, -0.2) is 0 Å². The van der Waals surface area contributed by atoms with E-state index in [2.05, 4.69) is 23.3 Å². The van der Waals surface area contributed by atoms with Gasteiger partial charge in [0.15, 0.2) is 0 Å². The first-order valence-electron chi connectivity index (χ1n) is 9.54. The van der Waals surface area contributed by atoms with E-state index in [4.69, 9.17) is 0 Å². The summed E-state index contributed by atoms with van der Waals surface area (Å²) in [6.07, 6.45) is 18.8. The van der Waals surface area contributed by atoms with Crippen molar-refractivity contribution in [2.75, 3.05) is 6.54 Å². The van der Waals surface area contributed by atoms with E-state index in [1.165, 1.54) is 77.0 Å². The van der Waals surface area contributed by atoms with Crippen LogP contribution in [0.1, 0.15) is 89.7 Å². The van der Waals surface area contributed by atoms with Gasteiger partial charge in [0.25, 0.3) is 0 Å². The molecule has 0 fully saturated rings. The molecular weight excluding hydrogens is 268 g/mol. The fourth-order valence-corrected chi connectivity index (χ4v) is 2.81. The van der Waals surface area contributed by atoms with E-state index >= 15 is 0 Å². The highest BCUT2D eigenvalue weighted by Crippen LogP contribution is 2.11. The van der Waals surface area contributed by atoms with E-state index in [-0.39, 0.29) is 0 Å². The highest BCUT2D eigenvalue weighted by atomic mass is 14.9. The zero-order valence-corrected chi connectivity index (χ0v) is 14.7. The molecule has 0 aliphatic carbocycles. The Morgan fingerprint density at radius 2 is 1.36 bits per heavy atom. The summed E-state index contributed by atoms with van der Waals surface area (Å²) in [4.78, 5) is 4.32. The Morgan fingerprint density at radius 3 is 1.91 bits per heavy atom. The maximum Gasteiger partial charge on any atom is 0.0541 e.